The van der Waals surface area contributed by atoms with Crippen LogP contribution in [0.15, 0.2) is 12.4 Å². The molecule has 4 heteroatoms. The quantitative estimate of drug-likeness (QED) is 0.568. The smallest absolute Gasteiger partial charge is 0.287 e. The Hall–Kier alpha value is -1.32. The molecule has 0 saturated carbocycles. The van der Waals surface area contributed by atoms with Crippen molar-refractivity contribution in [2.24, 2.45) is 0 Å². The van der Waals surface area contributed by atoms with Gasteiger partial charge in [0.05, 0.1) is 0 Å². The van der Waals surface area contributed by atoms with Crippen molar-refractivity contribution < 1.29 is 4.79 Å². The summed E-state index contributed by atoms with van der Waals surface area (Å²) in [5.41, 5.74) is 0. The molecule has 0 fully saturated rings. The zero-order valence-corrected chi connectivity index (χ0v) is 6.24. The number of carbonyl (C=O) groups is 1. The molecule has 1 aromatic rings. The lowest BCUT2D eigenvalue weighted by Crippen LogP contribution is -2.42. The van der Waals surface area contributed by atoms with Crippen LogP contribution in [0.25, 0.3) is 0 Å². The summed E-state index contributed by atoms with van der Waals surface area (Å²) >= 11 is 0. The molecule has 0 radical (unpaired) electrons. The SMILES string of the molecule is CC1Cn2ccnc2C(=O)N1. The highest BCUT2D eigenvalue weighted by molar-refractivity contribution is 5.91. The van der Waals surface area contributed by atoms with Gasteiger partial charge in [-0.05, 0) is 6.92 Å². The van der Waals surface area contributed by atoms with Crippen LogP contribution in [0.3, 0.4) is 0 Å². The fourth-order valence-corrected chi connectivity index (χ4v) is 1.29. The van der Waals surface area contributed by atoms with Crippen LogP contribution >= 0.6 is 0 Å². The summed E-state index contributed by atoms with van der Waals surface area (Å²) in [6.45, 7) is 2.79. The average Bonchev–Trinajstić information content (AvgIpc) is 2.34. The average molecular weight is 151 g/mol. The van der Waals surface area contributed by atoms with E-state index in [-0.39, 0.29) is 11.9 Å². The lowest BCUT2D eigenvalue weighted by molar-refractivity contribution is 0.0900. The minimum Gasteiger partial charge on any atom is -0.345 e. The number of fused-ring (bicyclic) bond motifs is 1. The predicted octanol–water partition coefficient (Wildman–Crippen LogP) is 0.0150. The first-order valence-electron chi connectivity index (χ1n) is 3.59. The van der Waals surface area contributed by atoms with Crippen LogP contribution in [-0.4, -0.2) is 21.5 Å². The number of hydrogen-bond acceptors (Lipinski definition) is 2. The van der Waals surface area contributed by atoms with Gasteiger partial charge in [-0.3, -0.25) is 4.79 Å². The number of carbonyl (C=O) groups excluding carboxylic acids is 1. The van der Waals surface area contributed by atoms with E-state index in [4.69, 9.17) is 0 Å². The molecule has 0 spiro atoms. The van der Waals surface area contributed by atoms with E-state index < -0.39 is 0 Å². The highest BCUT2D eigenvalue weighted by Gasteiger charge is 2.21. The highest BCUT2D eigenvalue weighted by Crippen LogP contribution is 2.05. The number of imidazole rings is 1. The first-order chi connectivity index (χ1) is 5.27. The van der Waals surface area contributed by atoms with Crippen LogP contribution in [0, 0.1) is 0 Å². The topological polar surface area (TPSA) is 46.9 Å². The van der Waals surface area contributed by atoms with Gasteiger partial charge in [0.25, 0.3) is 5.91 Å². The number of amides is 1. The Kier molecular flexibility index (Phi) is 1.21. The summed E-state index contributed by atoms with van der Waals surface area (Å²) in [4.78, 5) is 15.1. The van der Waals surface area contributed by atoms with Crippen LogP contribution in [0.5, 0.6) is 0 Å². The molecule has 2 heterocycles. The van der Waals surface area contributed by atoms with E-state index in [0.717, 1.165) is 6.54 Å². The van der Waals surface area contributed by atoms with Crippen molar-refractivity contribution in [1.29, 1.82) is 0 Å². The molecule has 1 aromatic heterocycles. The van der Waals surface area contributed by atoms with Gasteiger partial charge < -0.3 is 9.88 Å². The summed E-state index contributed by atoms with van der Waals surface area (Å²) in [5.74, 6) is 0.442. The van der Waals surface area contributed by atoms with E-state index in [2.05, 4.69) is 10.3 Å². The van der Waals surface area contributed by atoms with E-state index >= 15 is 0 Å². The Labute approximate surface area is 64.2 Å². The van der Waals surface area contributed by atoms with E-state index in [1.165, 1.54) is 0 Å². The molecule has 58 valence electrons. The normalized spacial score (nSPS) is 22.6. The summed E-state index contributed by atoms with van der Waals surface area (Å²) < 4.78 is 1.86. The molecule has 0 saturated heterocycles. The second-order valence-corrected chi connectivity index (χ2v) is 2.78. The van der Waals surface area contributed by atoms with Crippen molar-refractivity contribution in [2.75, 3.05) is 0 Å². The second-order valence-electron chi connectivity index (χ2n) is 2.78. The largest absolute Gasteiger partial charge is 0.345 e. The fourth-order valence-electron chi connectivity index (χ4n) is 1.29. The number of hydrogen-bond donors (Lipinski definition) is 1. The molecule has 0 bridgehead atoms. The lowest BCUT2D eigenvalue weighted by atomic mass is 10.2. The molecule has 4 nitrogen and oxygen atoms in total. The van der Waals surface area contributed by atoms with Crippen LogP contribution in [0.2, 0.25) is 0 Å². The Bertz CT molecular complexity index is 292. The lowest BCUT2D eigenvalue weighted by Gasteiger charge is -2.20. The standard InChI is InChI=1S/C7H9N3O/c1-5-4-10-3-2-8-6(10)7(11)9-5/h2-3,5H,4H2,1H3,(H,9,11). The van der Waals surface area contributed by atoms with E-state index in [0.29, 0.717) is 5.82 Å². The maximum atomic E-state index is 11.2. The molecular formula is C7H9N3O. The third-order valence-electron chi connectivity index (χ3n) is 1.77. The molecule has 1 unspecified atom stereocenters. The van der Waals surface area contributed by atoms with Gasteiger partial charge in [0.15, 0.2) is 5.82 Å². The van der Waals surface area contributed by atoms with Crippen molar-refractivity contribution in [3.05, 3.63) is 18.2 Å². The number of aromatic nitrogens is 2. The Morgan fingerprint density at radius 1 is 1.82 bits per heavy atom. The molecule has 1 aliphatic heterocycles. The second kappa shape index (κ2) is 2.08. The van der Waals surface area contributed by atoms with Crippen LogP contribution in [0.4, 0.5) is 0 Å². The van der Waals surface area contributed by atoms with Crippen LogP contribution in [-0.2, 0) is 6.54 Å². The number of nitrogens with one attached hydrogen (secondary N) is 1. The first-order valence-corrected chi connectivity index (χ1v) is 3.59. The molecule has 2 rings (SSSR count). The van der Waals surface area contributed by atoms with Gasteiger partial charge in [-0.25, -0.2) is 4.98 Å². The van der Waals surface area contributed by atoms with Gasteiger partial charge in [0, 0.05) is 25.0 Å². The summed E-state index contributed by atoms with van der Waals surface area (Å²) in [5, 5.41) is 2.80. The predicted molar refractivity (Wildman–Crippen MR) is 39.2 cm³/mol. The monoisotopic (exact) mass is 151 g/mol. The van der Waals surface area contributed by atoms with Gasteiger partial charge >= 0.3 is 0 Å². The van der Waals surface area contributed by atoms with E-state index in [9.17, 15) is 4.79 Å². The minimum atomic E-state index is -0.0752. The van der Waals surface area contributed by atoms with Crippen molar-refractivity contribution in [1.82, 2.24) is 14.9 Å². The van der Waals surface area contributed by atoms with Crippen molar-refractivity contribution in [2.45, 2.75) is 19.5 Å². The summed E-state index contributed by atoms with van der Waals surface area (Å²) in [6, 6.07) is 0.212. The molecule has 1 aliphatic rings. The molecule has 0 aliphatic carbocycles. The number of nitrogens with zero attached hydrogens (tertiary/aromatic N) is 2. The maximum absolute atomic E-state index is 11.2. The summed E-state index contributed by atoms with van der Waals surface area (Å²) in [6.07, 6.45) is 3.47. The van der Waals surface area contributed by atoms with Gasteiger partial charge in [-0.15, -0.1) is 0 Å². The Morgan fingerprint density at radius 3 is 3.45 bits per heavy atom. The fraction of sp³-hybridized carbons (Fsp3) is 0.429. The van der Waals surface area contributed by atoms with Gasteiger partial charge in [0.1, 0.15) is 0 Å². The van der Waals surface area contributed by atoms with Crippen molar-refractivity contribution >= 4 is 5.91 Å². The molecule has 1 atom stereocenters. The molecule has 1 amide bonds. The Balaban J connectivity index is 2.44. The highest BCUT2D eigenvalue weighted by atomic mass is 16.2. The van der Waals surface area contributed by atoms with E-state index in [1.54, 1.807) is 6.20 Å². The van der Waals surface area contributed by atoms with Crippen LogP contribution < -0.4 is 5.32 Å². The molecule has 1 N–H and O–H groups in total. The van der Waals surface area contributed by atoms with E-state index in [1.807, 2.05) is 17.7 Å². The van der Waals surface area contributed by atoms with Crippen LogP contribution in [0.1, 0.15) is 17.5 Å². The van der Waals surface area contributed by atoms with Crippen molar-refractivity contribution in [3.8, 4) is 0 Å². The zero-order valence-electron chi connectivity index (χ0n) is 6.24. The van der Waals surface area contributed by atoms with Gasteiger partial charge in [-0.2, -0.15) is 0 Å². The molecular weight excluding hydrogens is 142 g/mol. The third kappa shape index (κ3) is 0.906. The summed E-state index contributed by atoms with van der Waals surface area (Å²) in [7, 11) is 0. The number of rotatable bonds is 0. The van der Waals surface area contributed by atoms with Crippen molar-refractivity contribution in [3.63, 3.8) is 0 Å². The zero-order chi connectivity index (χ0) is 7.84. The molecule has 11 heavy (non-hydrogen) atoms. The van der Waals surface area contributed by atoms with Gasteiger partial charge in [0.2, 0.25) is 0 Å². The minimum absolute atomic E-state index is 0.0752. The maximum Gasteiger partial charge on any atom is 0.287 e. The molecule has 0 aromatic carbocycles. The third-order valence-corrected chi connectivity index (χ3v) is 1.77. The van der Waals surface area contributed by atoms with Gasteiger partial charge in [-0.1, -0.05) is 0 Å². The Morgan fingerprint density at radius 2 is 2.64 bits per heavy atom. The first kappa shape index (κ1) is 6.39.